The first-order valence-electron chi connectivity index (χ1n) is 33.0. The van der Waals surface area contributed by atoms with Crippen molar-refractivity contribution in [1.29, 1.82) is 0 Å². The Bertz CT molecular complexity index is 2920. The second kappa shape index (κ2) is 48.2. The van der Waals surface area contributed by atoms with Gasteiger partial charge in [0.15, 0.2) is 0 Å². The summed E-state index contributed by atoms with van der Waals surface area (Å²) in [5.74, 6) is -18.0. The summed E-state index contributed by atoms with van der Waals surface area (Å²) >= 11 is 5.61. The number of carboxylic acids is 2. The predicted octanol–water partition coefficient (Wildman–Crippen LogP) is -4.97. The minimum atomic E-state index is -1.94. The first-order chi connectivity index (χ1) is 47.1. The van der Waals surface area contributed by atoms with E-state index in [2.05, 4.69) is 76.4 Å². The summed E-state index contributed by atoms with van der Waals surface area (Å²) in [6, 6.07) is -8.20. The van der Waals surface area contributed by atoms with Crippen molar-refractivity contribution in [3.63, 3.8) is 0 Å². The number of hydrogen-bond donors (Lipinski definition) is 20. The van der Waals surface area contributed by atoms with Gasteiger partial charge < -0.3 is 103 Å². The molecule has 0 spiro atoms. The third kappa shape index (κ3) is 35.9. The molecule has 0 unspecified atom stereocenters. The molecule has 0 aliphatic heterocycles. The maximum Gasteiger partial charge on any atom is 0.326 e. The molecule has 562 valence electrons. The highest BCUT2D eigenvalue weighted by molar-refractivity contribution is 7.98. The van der Waals surface area contributed by atoms with Gasteiger partial charge >= 0.3 is 11.9 Å². The molecule has 24 N–H and O–H groups in total. The SMILES string of the molecule is CC[C@H](C)[C@H](NC(=O)CNC(=O)[C@@H](N)CCSC)C(=O)N[C@@H](CCCCN)C(=O)N[C@@H](CC(N)=O)C(=O)N[C@@H](CC(N)=O)C(=O)N[C@@H](CC(C)C)C(=O)N[C@@H](CCCCN)C(=O)N[C@@H](CC(=O)O)C(=O)N[C@@H](CS)C(=O)NCC(=O)N[C@@H](CC(C)C)C(=O)N[C@@H](Cc1ccccc1)C(=O)O. The van der Waals surface area contributed by atoms with Gasteiger partial charge in [0.2, 0.25) is 82.7 Å². The Balaban J connectivity index is 3.44. The number of carbonyl (C=O) groups is 16. The molecule has 12 atom stereocenters. The van der Waals surface area contributed by atoms with Gasteiger partial charge in [0.25, 0.3) is 0 Å². The number of carboxylic acid groups (broad SMARTS) is 2. The van der Waals surface area contributed by atoms with E-state index in [4.69, 9.17) is 28.7 Å². The van der Waals surface area contributed by atoms with E-state index in [1.807, 2.05) is 6.26 Å². The van der Waals surface area contributed by atoms with E-state index in [0.717, 1.165) is 0 Å². The highest BCUT2D eigenvalue weighted by Gasteiger charge is 2.38. The van der Waals surface area contributed by atoms with Crippen LogP contribution in [0.5, 0.6) is 0 Å². The van der Waals surface area contributed by atoms with Crippen LogP contribution < -0.4 is 92.5 Å². The number of nitrogens with one attached hydrogen (secondary N) is 12. The highest BCUT2D eigenvalue weighted by atomic mass is 32.2. The molecule has 35 nitrogen and oxygen atoms in total. The normalized spacial score (nSPS) is 14.7. The number of primary amides is 2. The first kappa shape index (κ1) is 89.3. The molecule has 0 radical (unpaired) electrons. The number of aliphatic carboxylic acids is 2. The van der Waals surface area contributed by atoms with Crippen molar-refractivity contribution in [2.75, 3.05) is 43.9 Å². The second-order valence-electron chi connectivity index (χ2n) is 24.8. The molecule has 1 rings (SSSR count). The standard InChI is InChI=1S/C63H105N17O18S2/c1-8-35(6)52(80-50(84)31-69-53(87)37(66)20-23-100-7)62(96)73-39(19-13-15-22-65)56(90)75-42(27-47(67)81)60(94)76-43(28-48(68)82)59(93)74-41(25-34(4)5)58(92)72-38(18-12-14-21-64)55(89)77-44(29-51(85)86)61(95)79-46(32-99)54(88)70-30-49(83)71-40(24-33(2)3)57(91)78-45(63(97)98)26-36-16-10-9-11-17-36/h9-11,16-17,33-35,37-46,52,99H,8,12-15,18-32,64-66H2,1-7H3,(H2,67,81)(H2,68,82)(H,69,87)(H,70,88)(H,71,83)(H,72,92)(H,73,96)(H,74,93)(H,75,90)(H,76,94)(H,77,89)(H,78,91)(H,79,95)(H,80,84)(H,85,86)(H,97,98)/t35-,37-,38-,39-,40-,41-,42-,43-,44-,45-,46-,52-/m0/s1. The van der Waals surface area contributed by atoms with Gasteiger partial charge in [0, 0.05) is 12.2 Å². The fraction of sp³-hybridized carbons (Fsp3) is 0.651. The van der Waals surface area contributed by atoms with Crippen molar-refractivity contribution in [3.8, 4) is 0 Å². The number of thioether (sulfide) groups is 1. The first-order valence-corrected chi connectivity index (χ1v) is 35.0. The van der Waals surface area contributed by atoms with Gasteiger partial charge in [0.05, 0.1) is 38.4 Å². The second-order valence-corrected chi connectivity index (χ2v) is 26.2. The van der Waals surface area contributed by atoms with E-state index in [0.29, 0.717) is 37.0 Å². The Morgan fingerprint density at radius 2 is 0.860 bits per heavy atom. The highest BCUT2D eigenvalue weighted by Crippen LogP contribution is 2.14. The zero-order chi connectivity index (χ0) is 75.8. The molecule has 0 aliphatic rings. The van der Waals surface area contributed by atoms with Crippen molar-refractivity contribution >= 4 is 119 Å². The molecule has 0 fully saturated rings. The topological polar surface area (TPSA) is 588 Å². The van der Waals surface area contributed by atoms with Crippen LogP contribution in [0.15, 0.2) is 30.3 Å². The summed E-state index contributed by atoms with van der Waals surface area (Å²) in [6.45, 7) is 9.20. The van der Waals surface area contributed by atoms with Crippen LogP contribution in [0.3, 0.4) is 0 Å². The summed E-state index contributed by atoms with van der Waals surface area (Å²) in [5.41, 5.74) is 29.0. The summed E-state index contributed by atoms with van der Waals surface area (Å²) in [4.78, 5) is 214. The van der Waals surface area contributed by atoms with E-state index < -0.39 is 211 Å². The Labute approximate surface area is 591 Å². The Kier molecular flexibility index (Phi) is 43.0. The van der Waals surface area contributed by atoms with E-state index >= 15 is 0 Å². The largest absolute Gasteiger partial charge is 0.481 e. The van der Waals surface area contributed by atoms with Crippen LogP contribution >= 0.6 is 24.4 Å². The quantitative estimate of drug-likeness (QED) is 0.0215. The number of nitrogens with two attached hydrogens (primary N) is 5. The number of rotatable bonds is 51. The number of hydrogen-bond acceptors (Lipinski definition) is 21. The van der Waals surface area contributed by atoms with Gasteiger partial charge in [-0.25, -0.2) is 4.79 Å². The molecule has 0 bridgehead atoms. The maximum absolute atomic E-state index is 14.3. The van der Waals surface area contributed by atoms with Crippen molar-refractivity contribution < 1.29 is 86.9 Å². The van der Waals surface area contributed by atoms with Crippen molar-refractivity contribution in [2.45, 2.75) is 198 Å². The molecule has 0 heterocycles. The zero-order valence-electron chi connectivity index (χ0n) is 57.8. The zero-order valence-corrected chi connectivity index (χ0v) is 59.5. The summed E-state index contributed by atoms with van der Waals surface area (Å²) in [5, 5.41) is 48.7. The van der Waals surface area contributed by atoms with Crippen LogP contribution in [0.2, 0.25) is 0 Å². The molecule has 0 aliphatic carbocycles. The van der Waals surface area contributed by atoms with Crippen molar-refractivity contribution in [3.05, 3.63) is 35.9 Å². The molecular weight excluding hydrogens is 1350 g/mol. The van der Waals surface area contributed by atoms with Gasteiger partial charge in [-0.3, -0.25) is 71.9 Å². The predicted molar refractivity (Wildman–Crippen MR) is 372 cm³/mol. The number of benzene rings is 1. The van der Waals surface area contributed by atoms with E-state index in [1.165, 1.54) is 11.8 Å². The average Bonchev–Trinajstić information content (AvgIpc) is 0.863. The summed E-state index contributed by atoms with van der Waals surface area (Å²) in [7, 11) is 0. The van der Waals surface area contributed by atoms with Crippen LogP contribution in [-0.4, -0.2) is 215 Å². The lowest BCUT2D eigenvalue weighted by molar-refractivity contribution is -0.142. The minimum absolute atomic E-state index is 0.0611. The number of thiol groups is 1. The van der Waals surface area contributed by atoms with Crippen LogP contribution in [0.25, 0.3) is 0 Å². The molecule has 0 saturated heterocycles. The van der Waals surface area contributed by atoms with Gasteiger partial charge in [-0.1, -0.05) is 78.3 Å². The summed E-state index contributed by atoms with van der Waals surface area (Å²) in [6.07, 6.45) is 0.227. The van der Waals surface area contributed by atoms with E-state index in [-0.39, 0.29) is 64.0 Å². The lowest BCUT2D eigenvalue weighted by Crippen LogP contribution is -2.61. The van der Waals surface area contributed by atoms with Gasteiger partial charge in [-0.05, 0) is 106 Å². The molecule has 37 heteroatoms. The Hall–Kier alpha value is -8.68. The maximum atomic E-state index is 14.3. The van der Waals surface area contributed by atoms with Crippen molar-refractivity contribution in [1.82, 2.24) is 63.8 Å². The monoisotopic (exact) mass is 1450 g/mol. The lowest BCUT2D eigenvalue weighted by atomic mass is 9.97. The van der Waals surface area contributed by atoms with E-state index in [1.54, 1.807) is 71.9 Å². The average molecular weight is 1450 g/mol. The third-order valence-corrected chi connectivity index (χ3v) is 16.3. The smallest absolute Gasteiger partial charge is 0.326 e. The third-order valence-electron chi connectivity index (χ3n) is 15.3. The molecule has 100 heavy (non-hydrogen) atoms. The fourth-order valence-corrected chi connectivity index (χ4v) is 10.4. The van der Waals surface area contributed by atoms with Gasteiger partial charge in [0.1, 0.15) is 60.4 Å². The molecular formula is C63H105N17O18S2. The van der Waals surface area contributed by atoms with Gasteiger partial charge in [-0.15, -0.1) is 0 Å². The molecule has 0 saturated carbocycles. The van der Waals surface area contributed by atoms with Crippen LogP contribution in [0.1, 0.15) is 131 Å². The fourth-order valence-electron chi connectivity index (χ4n) is 9.68. The Morgan fingerprint density at radius 3 is 1.28 bits per heavy atom. The Morgan fingerprint density at radius 1 is 0.470 bits per heavy atom. The molecule has 1 aromatic carbocycles. The summed E-state index contributed by atoms with van der Waals surface area (Å²) < 4.78 is 0. The number of carbonyl (C=O) groups excluding carboxylic acids is 14. The number of unbranched alkanes of at least 4 members (excludes halogenated alkanes) is 2. The van der Waals surface area contributed by atoms with Crippen LogP contribution in [-0.2, 0) is 83.1 Å². The number of amides is 14. The van der Waals surface area contributed by atoms with Gasteiger partial charge in [-0.2, -0.15) is 24.4 Å². The lowest BCUT2D eigenvalue weighted by Gasteiger charge is -2.28. The van der Waals surface area contributed by atoms with Crippen molar-refractivity contribution in [2.24, 2.45) is 46.4 Å². The van der Waals surface area contributed by atoms with Crippen LogP contribution in [0, 0.1) is 17.8 Å². The van der Waals surface area contributed by atoms with E-state index in [9.17, 15) is 86.9 Å². The minimum Gasteiger partial charge on any atom is -0.481 e. The molecule has 14 amide bonds. The molecule has 1 aromatic rings. The molecule has 0 aromatic heterocycles. The van der Waals surface area contributed by atoms with Crippen LogP contribution in [0.4, 0.5) is 0 Å².